The zero-order valence-corrected chi connectivity index (χ0v) is 6.68. The van der Waals surface area contributed by atoms with E-state index in [2.05, 4.69) is 0 Å². The maximum atomic E-state index is 10.1. The Kier molecular flexibility index (Phi) is 4.52. The van der Waals surface area contributed by atoms with Gasteiger partial charge < -0.3 is 5.11 Å². The molecule has 4 nitrogen and oxygen atoms in total. The Labute approximate surface area is 63.7 Å². The minimum Gasteiger partial charge on any atom is -0.481 e. The van der Waals surface area contributed by atoms with E-state index in [0.29, 0.717) is 0 Å². The van der Waals surface area contributed by atoms with Crippen molar-refractivity contribution < 1.29 is 19.4 Å². The molecule has 10 heavy (non-hydrogen) atoms. The first-order valence-electron chi connectivity index (χ1n) is 2.50. The molecule has 6 heteroatoms. The Morgan fingerprint density at radius 1 is 1.70 bits per heavy atom. The number of carboxylic acids is 1. The van der Waals surface area contributed by atoms with Crippen LogP contribution in [0.25, 0.3) is 0 Å². The molecule has 0 rings (SSSR count). The Hall–Kier alpha value is -0.180. The van der Waals surface area contributed by atoms with Crippen LogP contribution in [0.4, 0.5) is 0 Å². The number of carbonyl (C=O) groups is 1. The smallest absolute Gasteiger partial charge is 0.481 e. The molecule has 2 unspecified atom stereocenters. The van der Waals surface area contributed by atoms with Gasteiger partial charge in [-0.2, -0.15) is 4.89 Å². The summed E-state index contributed by atoms with van der Waals surface area (Å²) in [6.07, 6.45) is -0.270. The Bertz CT molecular complexity index is 148. The van der Waals surface area contributed by atoms with Gasteiger partial charge in [-0.1, -0.05) is 0 Å². The lowest BCUT2D eigenvalue weighted by Gasteiger charge is -1.97. The van der Waals surface area contributed by atoms with Crippen molar-refractivity contribution in [3.8, 4) is 0 Å². The molecule has 0 bridgehead atoms. The number of halogens is 1. The molecule has 0 aromatic heterocycles. The highest BCUT2D eigenvalue weighted by Crippen LogP contribution is 2.18. The maximum Gasteiger partial charge on any atom is 0.506 e. The van der Waals surface area contributed by atoms with Crippen molar-refractivity contribution in [2.24, 2.45) is 5.92 Å². The molecule has 0 heterocycles. The van der Waals surface area contributed by atoms with Crippen molar-refractivity contribution in [1.29, 1.82) is 0 Å². The van der Waals surface area contributed by atoms with E-state index in [1.54, 1.807) is 0 Å². The third-order valence-electron chi connectivity index (χ3n) is 0.912. The molecule has 2 atom stereocenters. The fourth-order valence-electron chi connectivity index (χ4n) is 0.381. The molecule has 0 saturated carbocycles. The number of hydrogen-bond acceptors (Lipinski definition) is 2. The van der Waals surface area contributed by atoms with Gasteiger partial charge in [-0.05, 0) is 4.57 Å². The highest BCUT2D eigenvalue weighted by Gasteiger charge is 2.26. The first kappa shape index (κ1) is 9.82. The van der Waals surface area contributed by atoms with E-state index in [1.807, 2.05) is 0 Å². The minimum atomic E-state index is -2.39. The SMILES string of the molecule is O=C(O)C(CCl)C[P+](=O)O. The molecular weight excluding hydrogens is 178 g/mol. The Morgan fingerprint density at radius 3 is 2.30 bits per heavy atom. The molecule has 0 amide bonds. The van der Waals surface area contributed by atoms with Gasteiger partial charge in [0.1, 0.15) is 5.92 Å². The van der Waals surface area contributed by atoms with Crippen molar-refractivity contribution in [2.75, 3.05) is 12.0 Å². The standard InChI is InChI=1S/C4H6ClO4P/c5-1-3(4(6)7)2-10(8)9/h3H,1-2H2,(H-,6,7,8,9)/p+1. The summed E-state index contributed by atoms with van der Waals surface area (Å²) in [4.78, 5) is 18.4. The van der Waals surface area contributed by atoms with E-state index in [4.69, 9.17) is 21.6 Å². The molecule has 0 aliphatic heterocycles. The summed E-state index contributed by atoms with van der Waals surface area (Å²) in [5, 5.41) is 8.30. The molecule has 0 aromatic carbocycles. The van der Waals surface area contributed by atoms with Crippen LogP contribution in [0.2, 0.25) is 0 Å². The number of carboxylic acid groups (broad SMARTS) is 1. The van der Waals surface area contributed by atoms with Crippen molar-refractivity contribution in [2.45, 2.75) is 0 Å². The molecule has 0 spiro atoms. The molecule has 0 radical (unpaired) electrons. The summed E-state index contributed by atoms with van der Waals surface area (Å²) in [5.74, 6) is -2.17. The summed E-state index contributed by atoms with van der Waals surface area (Å²) in [7, 11) is -2.39. The van der Waals surface area contributed by atoms with Gasteiger partial charge in [-0.15, -0.1) is 11.6 Å². The highest BCUT2D eigenvalue weighted by molar-refractivity contribution is 7.38. The third kappa shape index (κ3) is 3.77. The average Bonchev–Trinajstić information content (AvgIpc) is 1.81. The Balaban J connectivity index is 3.83. The topological polar surface area (TPSA) is 74.6 Å². The molecular formula is C4H7ClO4P+. The highest BCUT2D eigenvalue weighted by atomic mass is 35.5. The Morgan fingerprint density at radius 2 is 2.20 bits per heavy atom. The van der Waals surface area contributed by atoms with Crippen LogP contribution in [0.5, 0.6) is 0 Å². The normalized spacial score (nSPS) is 14.4. The lowest BCUT2D eigenvalue weighted by Crippen LogP contribution is -2.17. The van der Waals surface area contributed by atoms with Crippen molar-refractivity contribution in [3.05, 3.63) is 0 Å². The second-order valence-corrected chi connectivity index (χ2v) is 3.10. The number of hydrogen-bond donors (Lipinski definition) is 2. The van der Waals surface area contributed by atoms with Crippen molar-refractivity contribution >= 4 is 25.6 Å². The molecule has 0 saturated heterocycles. The zero-order chi connectivity index (χ0) is 8.15. The molecule has 2 N–H and O–H groups in total. The van der Waals surface area contributed by atoms with Gasteiger partial charge in [0.15, 0.2) is 6.16 Å². The van der Waals surface area contributed by atoms with Crippen LogP contribution in [0.3, 0.4) is 0 Å². The van der Waals surface area contributed by atoms with Gasteiger partial charge in [-0.3, -0.25) is 4.79 Å². The summed E-state index contributed by atoms with van der Waals surface area (Å²) in [5.41, 5.74) is 0. The first-order valence-corrected chi connectivity index (χ1v) is 4.43. The summed E-state index contributed by atoms with van der Waals surface area (Å²) >= 11 is 5.19. The van der Waals surface area contributed by atoms with Crippen LogP contribution >= 0.6 is 19.6 Å². The van der Waals surface area contributed by atoms with Crippen LogP contribution < -0.4 is 0 Å². The number of aliphatic carboxylic acids is 1. The van der Waals surface area contributed by atoms with Gasteiger partial charge in [-0.25, -0.2) is 0 Å². The van der Waals surface area contributed by atoms with E-state index in [0.717, 1.165) is 0 Å². The second kappa shape index (κ2) is 4.61. The van der Waals surface area contributed by atoms with Gasteiger partial charge >= 0.3 is 14.0 Å². The van der Waals surface area contributed by atoms with Crippen LogP contribution in [0, 0.1) is 5.92 Å². The first-order chi connectivity index (χ1) is 4.57. The van der Waals surface area contributed by atoms with Crippen LogP contribution in [-0.4, -0.2) is 28.0 Å². The lowest BCUT2D eigenvalue weighted by molar-refractivity contribution is -0.140. The van der Waals surface area contributed by atoms with Crippen LogP contribution in [-0.2, 0) is 9.36 Å². The summed E-state index contributed by atoms with van der Waals surface area (Å²) in [6, 6.07) is 0. The second-order valence-electron chi connectivity index (χ2n) is 1.72. The molecule has 58 valence electrons. The molecule has 0 aromatic rings. The minimum absolute atomic E-state index is 0.128. The third-order valence-corrected chi connectivity index (χ3v) is 2.04. The fourth-order valence-corrected chi connectivity index (χ4v) is 1.44. The van der Waals surface area contributed by atoms with E-state index in [1.165, 1.54) is 0 Å². The predicted octanol–water partition coefficient (Wildman–Crippen LogP) is 0.661. The molecule has 0 fully saturated rings. The van der Waals surface area contributed by atoms with Gasteiger partial charge in [0.2, 0.25) is 0 Å². The lowest BCUT2D eigenvalue weighted by atomic mass is 10.2. The number of rotatable bonds is 4. The maximum absolute atomic E-state index is 10.1. The van der Waals surface area contributed by atoms with E-state index in [9.17, 15) is 9.36 Å². The van der Waals surface area contributed by atoms with Gasteiger partial charge in [0, 0.05) is 5.88 Å². The van der Waals surface area contributed by atoms with E-state index >= 15 is 0 Å². The summed E-state index contributed by atoms with van der Waals surface area (Å²) < 4.78 is 10.1. The predicted molar refractivity (Wildman–Crippen MR) is 36.5 cm³/mol. The van der Waals surface area contributed by atoms with Gasteiger partial charge in [0.25, 0.3) is 0 Å². The van der Waals surface area contributed by atoms with Crippen molar-refractivity contribution in [3.63, 3.8) is 0 Å². The molecule has 0 aliphatic carbocycles. The number of alkyl halides is 1. The van der Waals surface area contributed by atoms with Crippen LogP contribution in [0.1, 0.15) is 0 Å². The monoisotopic (exact) mass is 185 g/mol. The van der Waals surface area contributed by atoms with Gasteiger partial charge in [0.05, 0.1) is 0 Å². The quantitative estimate of drug-likeness (QED) is 0.498. The average molecular weight is 186 g/mol. The molecule has 0 aliphatic rings. The largest absolute Gasteiger partial charge is 0.506 e. The summed E-state index contributed by atoms with van der Waals surface area (Å²) in [6.45, 7) is 0. The van der Waals surface area contributed by atoms with Crippen molar-refractivity contribution in [1.82, 2.24) is 0 Å². The van der Waals surface area contributed by atoms with E-state index in [-0.39, 0.29) is 12.0 Å². The fraction of sp³-hybridized carbons (Fsp3) is 0.750. The van der Waals surface area contributed by atoms with E-state index < -0.39 is 19.9 Å². The zero-order valence-electron chi connectivity index (χ0n) is 5.03. The van der Waals surface area contributed by atoms with Crippen LogP contribution in [0.15, 0.2) is 0 Å².